The van der Waals surface area contributed by atoms with E-state index >= 15 is 0 Å². The summed E-state index contributed by atoms with van der Waals surface area (Å²) in [6.07, 6.45) is 4.21. The third kappa shape index (κ3) is 25.2. The van der Waals surface area contributed by atoms with Gasteiger partial charge in [0.25, 0.3) is 0 Å². The van der Waals surface area contributed by atoms with Crippen molar-refractivity contribution in [1.29, 1.82) is 0 Å². The first kappa shape index (κ1) is 67.7. The zero-order chi connectivity index (χ0) is 58.8. The van der Waals surface area contributed by atoms with Crippen LogP contribution < -0.4 is 11.5 Å². The monoisotopic (exact) mass is 1110 g/mol. The number of nitrogens with two attached hydrogens (primary N) is 2. The first-order chi connectivity index (χ1) is 37.4. The lowest BCUT2D eigenvalue weighted by Crippen LogP contribution is -2.61. The standard InChI is InChI=1S/C59H84N2O18/c1-35-18-15-13-11-9-7-5-6-8-10-12-14-16-21-47(78-59-56(74)54(61)55(73)38(4)77-59)33-51(71)53(58(75)76)50(70)31-46(67)30-45(66)29-44(65)28-43(64)27-41(62)19-17-20-42(63)32-52(72)79-57(35)37(3)26-36(2)48(68)34-49(69)39-22-24-40(60)25-23-39/h5-16,18,21-25,35-38,43-45,47-48,50-51,53-57,59,64-66,68,70-71,73-74H,17,19-20,26-34,60-61H2,1-4H3,(H,75,76)/b6-5-,9-7-,10-8-,13-11-,14-12-,18-15-,21-16-/t35?,36?,37?,38-,43?,44?,45?,47?,48?,50?,51?,53?,54+,55-,56+,57?,59?/m1/s1. The van der Waals surface area contributed by atoms with E-state index in [2.05, 4.69) is 0 Å². The number of anilines is 1. The summed E-state index contributed by atoms with van der Waals surface area (Å²) in [5.74, 6) is -7.43. The lowest BCUT2D eigenvalue weighted by atomic mass is 9.83. The van der Waals surface area contributed by atoms with Gasteiger partial charge in [-0.15, -0.1) is 0 Å². The lowest BCUT2D eigenvalue weighted by Gasteiger charge is -2.41. The topological polar surface area (TPSA) is 364 Å². The Kier molecular flexibility index (Phi) is 30.1. The summed E-state index contributed by atoms with van der Waals surface area (Å²) in [4.78, 5) is 77.3. The maximum Gasteiger partial charge on any atom is 0.313 e. The Morgan fingerprint density at radius 2 is 1.22 bits per heavy atom. The zero-order valence-corrected chi connectivity index (χ0v) is 45.5. The Morgan fingerprint density at radius 1 is 0.684 bits per heavy atom. The Labute approximate surface area is 462 Å². The predicted octanol–water partition coefficient (Wildman–Crippen LogP) is 3.61. The number of ketones is 4. The molecule has 79 heavy (non-hydrogen) atoms. The number of carboxylic acids is 1. The molecule has 0 bridgehead atoms. The minimum Gasteiger partial charge on any atom is -0.481 e. The minimum atomic E-state index is -1.95. The molecule has 1 saturated heterocycles. The molecule has 1 aromatic rings. The highest BCUT2D eigenvalue weighted by Gasteiger charge is 2.43. The molecule has 0 aromatic heterocycles. The van der Waals surface area contributed by atoms with Crippen molar-refractivity contribution in [3.63, 3.8) is 0 Å². The average Bonchev–Trinajstić information content (AvgIpc) is 3.36. The van der Waals surface area contributed by atoms with Crippen LogP contribution in [0.4, 0.5) is 5.69 Å². The Balaban J connectivity index is 1.83. The molecule has 3 rings (SSSR count). The molecule has 13 unspecified atom stereocenters. The summed E-state index contributed by atoms with van der Waals surface area (Å²) in [6, 6.07) is 5.24. The van der Waals surface area contributed by atoms with Crippen molar-refractivity contribution in [3.8, 4) is 0 Å². The van der Waals surface area contributed by atoms with Gasteiger partial charge in [-0.3, -0.25) is 28.8 Å². The molecule has 13 N–H and O–H groups in total. The molecule has 20 heteroatoms. The number of benzene rings is 1. The minimum absolute atomic E-state index is 0.0615. The van der Waals surface area contributed by atoms with Crippen molar-refractivity contribution < 1.29 is 88.9 Å². The highest BCUT2D eigenvalue weighted by atomic mass is 16.7. The van der Waals surface area contributed by atoms with Gasteiger partial charge in [0.15, 0.2) is 12.1 Å². The molecule has 0 radical (unpaired) electrons. The van der Waals surface area contributed by atoms with Gasteiger partial charge < -0.3 is 71.6 Å². The number of rotatable bonds is 10. The van der Waals surface area contributed by atoms with Crippen LogP contribution in [0.2, 0.25) is 0 Å². The lowest BCUT2D eigenvalue weighted by molar-refractivity contribution is -0.277. The van der Waals surface area contributed by atoms with Gasteiger partial charge >= 0.3 is 11.9 Å². The van der Waals surface area contributed by atoms with Crippen molar-refractivity contribution in [2.75, 3.05) is 5.73 Å². The molecule has 0 saturated carbocycles. The fraction of sp³-hybridized carbons (Fsp3) is 0.559. The second-order valence-electron chi connectivity index (χ2n) is 20.9. The second kappa shape index (κ2) is 35.2. The van der Waals surface area contributed by atoms with Crippen LogP contribution in [0.3, 0.4) is 0 Å². The highest BCUT2D eigenvalue weighted by molar-refractivity contribution is 5.97. The zero-order valence-electron chi connectivity index (χ0n) is 45.5. The van der Waals surface area contributed by atoms with E-state index in [9.17, 15) is 74.7 Å². The van der Waals surface area contributed by atoms with Crippen molar-refractivity contribution >= 4 is 40.8 Å². The van der Waals surface area contributed by atoms with Crippen molar-refractivity contribution in [2.45, 2.75) is 184 Å². The summed E-state index contributed by atoms with van der Waals surface area (Å²) in [5, 5.41) is 96.0. The van der Waals surface area contributed by atoms with E-state index in [4.69, 9.17) is 25.7 Å². The predicted molar refractivity (Wildman–Crippen MR) is 293 cm³/mol. The molecule has 1 aromatic carbocycles. The summed E-state index contributed by atoms with van der Waals surface area (Å²) < 4.78 is 17.5. The number of carbonyl (C=O) groups is 6. The molecule has 1 fully saturated rings. The molecule has 0 aliphatic carbocycles. The highest BCUT2D eigenvalue weighted by Crippen LogP contribution is 2.29. The summed E-state index contributed by atoms with van der Waals surface area (Å²) in [7, 11) is 0. The van der Waals surface area contributed by atoms with Crippen LogP contribution in [0.1, 0.15) is 115 Å². The van der Waals surface area contributed by atoms with Crippen molar-refractivity contribution in [2.24, 2.45) is 29.4 Å². The fourth-order valence-electron chi connectivity index (χ4n) is 9.37. The quantitative estimate of drug-likeness (QED) is 0.0690. The van der Waals surface area contributed by atoms with Crippen molar-refractivity contribution in [3.05, 3.63) is 115 Å². The molecule has 0 amide bonds. The van der Waals surface area contributed by atoms with Gasteiger partial charge in [-0.05, 0) is 68.7 Å². The van der Waals surface area contributed by atoms with E-state index in [-0.39, 0.29) is 55.6 Å². The molecular weight excluding hydrogens is 1020 g/mol. The first-order valence-corrected chi connectivity index (χ1v) is 26.9. The van der Waals surface area contributed by atoms with E-state index in [0.29, 0.717) is 17.7 Å². The third-order valence-electron chi connectivity index (χ3n) is 13.8. The maximum absolute atomic E-state index is 13.3. The van der Waals surface area contributed by atoms with Gasteiger partial charge in [-0.1, -0.05) is 106 Å². The molecular formula is C59H84N2O18. The number of aliphatic hydroxyl groups is 8. The number of esters is 1. The molecule has 2 aliphatic heterocycles. The SMILES string of the molecule is CC1\C=C/C=C\C=C/C=C\C=C/C=C\C=C/C(OC2O[C@H](C)[C@@H](O)[C@H](N)[C@@H]2O)CC(O)C(C(=O)O)C(O)CC(=O)CC(O)CC(O)CC(O)CC(=O)CCCC(=O)CC(=O)OC1C(C)CC(C)C(O)CC(=O)c1ccc(N)cc1. The molecule has 438 valence electrons. The number of carbonyl (C=O) groups excluding carboxylic acids is 5. The molecule has 0 spiro atoms. The molecule has 17 atom stereocenters. The number of nitrogen functional groups attached to an aromatic ring is 1. The fourth-order valence-corrected chi connectivity index (χ4v) is 9.37. The van der Waals surface area contributed by atoms with E-state index in [1.807, 2.05) is 19.9 Å². The van der Waals surface area contributed by atoms with Crippen LogP contribution in [0.15, 0.2) is 109 Å². The smallest absolute Gasteiger partial charge is 0.313 e. The number of carboxylic acid groups (broad SMARTS) is 1. The van der Waals surface area contributed by atoms with Crippen LogP contribution in [0, 0.1) is 23.7 Å². The summed E-state index contributed by atoms with van der Waals surface area (Å²) in [5.41, 5.74) is 12.7. The average molecular weight is 1110 g/mol. The van der Waals surface area contributed by atoms with Gasteiger partial charge in [0.1, 0.15) is 41.9 Å². The molecule has 2 aliphatic rings. The molecule has 20 nitrogen and oxygen atoms in total. The number of hydrogen-bond acceptors (Lipinski definition) is 19. The Hall–Kier alpha value is -5.62. The van der Waals surface area contributed by atoms with Gasteiger partial charge in [0.05, 0.1) is 61.0 Å². The van der Waals surface area contributed by atoms with E-state index in [0.717, 1.165) is 0 Å². The number of allylic oxidation sites excluding steroid dienone is 12. The van der Waals surface area contributed by atoms with Crippen LogP contribution in [0.5, 0.6) is 0 Å². The first-order valence-electron chi connectivity index (χ1n) is 26.9. The van der Waals surface area contributed by atoms with Crippen LogP contribution in [-0.4, -0.2) is 161 Å². The van der Waals surface area contributed by atoms with Gasteiger partial charge in [0.2, 0.25) is 0 Å². The second-order valence-corrected chi connectivity index (χ2v) is 20.9. The Bertz CT molecular complexity index is 2310. The largest absolute Gasteiger partial charge is 0.481 e. The van der Waals surface area contributed by atoms with Gasteiger partial charge in [0, 0.05) is 62.1 Å². The number of aliphatic hydroxyl groups excluding tert-OH is 8. The molecule has 2 heterocycles. The summed E-state index contributed by atoms with van der Waals surface area (Å²) in [6.45, 7) is 7.02. The van der Waals surface area contributed by atoms with Crippen LogP contribution >= 0.6 is 0 Å². The maximum atomic E-state index is 13.3. The third-order valence-corrected chi connectivity index (χ3v) is 13.8. The van der Waals surface area contributed by atoms with Crippen LogP contribution in [0.25, 0.3) is 0 Å². The number of cyclic esters (lactones) is 1. The number of hydrogen-bond donors (Lipinski definition) is 11. The van der Waals surface area contributed by atoms with Gasteiger partial charge in [-0.2, -0.15) is 0 Å². The Morgan fingerprint density at radius 3 is 1.78 bits per heavy atom. The summed E-state index contributed by atoms with van der Waals surface area (Å²) >= 11 is 0. The van der Waals surface area contributed by atoms with Crippen LogP contribution in [-0.2, 0) is 38.2 Å². The number of aliphatic carboxylic acids is 1. The van der Waals surface area contributed by atoms with Crippen molar-refractivity contribution in [1.82, 2.24) is 0 Å². The number of Topliss-reactive ketones (excluding diaryl/α,β-unsaturated/α-hetero) is 4. The normalized spacial score (nSPS) is 34.7. The van der Waals surface area contributed by atoms with E-state index in [1.165, 1.54) is 19.1 Å². The van der Waals surface area contributed by atoms with E-state index < -0.39 is 153 Å². The number of ether oxygens (including phenoxy) is 3. The van der Waals surface area contributed by atoms with Gasteiger partial charge in [-0.25, -0.2) is 0 Å². The van der Waals surface area contributed by atoms with E-state index in [1.54, 1.807) is 98.0 Å².